The Morgan fingerprint density at radius 2 is 2.00 bits per heavy atom. The Kier molecular flexibility index (Phi) is 7.59. The number of hydrogen-bond acceptors (Lipinski definition) is 4. The molecule has 26 heavy (non-hydrogen) atoms. The summed E-state index contributed by atoms with van der Waals surface area (Å²) in [6.07, 6.45) is 3.93. The SMILES string of the molecule is Cl.Cl.O=C(C1CCCNC1)N1CCC(c2nc3cc(Cl)ccc3o2)CC1. The first-order valence-corrected chi connectivity index (χ1v) is 9.14. The summed E-state index contributed by atoms with van der Waals surface area (Å²) in [5.74, 6) is 1.52. The Hall–Kier alpha value is -1.01. The lowest BCUT2D eigenvalue weighted by molar-refractivity contribution is -0.137. The molecule has 1 atom stereocenters. The van der Waals surface area contributed by atoms with Gasteiger partial charge in [0, 0.05) is 30.6 Å². The number of carbonyl (C=O) groups excluding carboxylic acids is 1. The molecule has 0 radical (unpaired) electrons. The van der Waals surface area contributed by atoms with Gasteiger partial charge in [0.2, 0.25) is 5.91 Å². The number of carbonyl (C=O) groups is 1. The zero-order valence-electron chi connectivity index (χ0n) is 14.4. The lowest BCUT2D eigenvalue weighted by Crippen LogP contribution is -2.45. The van der Waals surface area contributed by atoms with E-state index < -0.39 is 0 Å². The van der Waals surface area contributed by atoms with Gasteiger partial charge in [0.1, 0.15) is 5.52 Å². The number of piperidine rings is 2. The van der Waals surface area contributed by atoms with Gasteiger partial charge in [0.15, 0.2) is 11.5 Å². The third-order valence-corrected chi connectivity index (χ3v) is 5.40. The summed E-state index contributed by atoms with van der Waals surface area (Å²) in [5.41, 5.74) is 1.59. The summed E-state index contributed by atoms with van der Waals surface area (Å²) in [5, 5.41) is 4.00. The van der Waals surface area contributed by atoms with Crippen LogP contribution in [0.25, 0.3) is 11.1 Å². The number of amides is 1. The second-order valence-electron chi connectivity index (χ2n) is 6.81. The fraction of sp³-hybridized carbons (Fsp3) is 0.556. The summed E-state index contributed by atoms with van der Waals surface area (Å²) in [6.45, 7) is 3.44. The van der Waals surface area contributed by atoms with Crippen molar-refractivity contribution in [1.29, 1.82) is 0 Å². The Morgan fingerprint density at radius 3 is 2.69 bits per heavy atom. The third-order valence-electron chi connectivity index (χ3n) is 5.17. The summed E-state index contributed by atoms with van der Waals surface area (Å²) < 4.78 is 5.89. The lowest BCUT2D eigenvalue weighted by Gasteiger charge is -2.34. The van der Waals surface area contributed by atoms with E-state index in [-0.39, 0.29) is 36.6 Å². The molecular formula is C18H24Cl3N3O2. The Labute approximate surface area is 170 Å². The smallest absolute Gasteiger partial charge is 0.226 e. The highest BCUT2D eigenvalue weighted by atomic mass is 35.5. The van der Waals surface area contributed by atoms with Gasteiger partial charge in [-0.1, -0.05) is 11.6 Å². The molecule has 0 spiro atoms. The zero-order chi connectivity index (χ0) is 16.5. The van der Waals surface area contributed by atoms with Crippen LogP contribution in [0.1, 0.15) is 37.5 Å². The molecule has 1 amide bonds. The molecule has 2 fully saturated rings. The Balaban J connectivity index is 0.00000121. The van der Waals surface area contributed by atoms with Crippen molar-refractivity contribution in [2.45, 2.75) is 31.6 Å². The van der Waals surface area contributed by atoms with Gasteiger partial charge in [0.25, 0.3) is 0 Å². The number of rotatable bonds is 2. The number of fused-ring (bicyclic) bond motifs is 1. The largest absolute Gasteiger partial charge is 0.440 e. The molecule has 2 aromatic rings. The van der Waals surface area contributed by atoms with Gasteiger partial charge in [-0.2, -0.15) is 0 Å². The van der Waals surface area contributed by atoms with Crippen molar-refractivity contribution in [3.63, 3.8) is 0 Å². The number of halogens is 3. The van der Waals surface area contributed by atoms with E-state index in [1.807, 2.05) is 23.1 Å². The van der Waals surface area contributed by atoms with E-state index in [2.05, 4.69) is 10.3 Å². The molecule has 8 heteroatoms. The minimum absolute atomic E-state index is 0. The van der Waals surface area contributed by atoms with Crippen LogP contribution >= 0.6 is 36.4 Å². The van der Waals surface area contributed by atoms with Crippen LogP contribution in [0.4, 0.5) is 0 Å². The maximum Gasteiger partial charge on any atom is 0.226 e. The predicted octanol–water partition coefficient (Wildman–Crippen LogP) is 4.03. The predicted molar refractivity (Wildman–Crippen MR) is 108 cm³/mol. The maximum absolute atomic E-state index is 12.6. The fourth-order valence-corrected chi connectivity index (χ4v) is 3.93. The van der Waals surface area contributed by atoms with E-state index >= 15 is 0 Å². The van der Waals surface area contributed by atoms with E-state index in [9.17, 15) is 4.79 Å². The van der Waals surface area contributed by atoms with Crippen molar-refractivity contribution < 1.29 is 9.21 Å². The van der Waals surface area contributed by atoms with E-state index in [0.29, 0.717) is 10.9 Å². The van der Waals surface area contributed by atoms with E-state index in [4.69, 9.17) is 16.0 Å². The molecule has 144 valence electrons. The monoisotopic (exact) mass is 419 g/mol. The first kappa shape index (κ1) is 21.3. The molecule has 2 aliphatic rings. The minimum Gasteiger partial charge on any atom is -0.440 e. The quantitative estimate of drug-likeness (QED) is 0.797. The molecule has 0 bridgehead atoms. The van der Waals surface area contributed by atoms with E-state index in [1.165, 1.54) is 0 Å². The Bertz CT molecular complexity index is 738. The average molecular weight is 421 g/mol. The molecule has 4 rings (SSSR count). The van der Waals surface area contributed by atoms with Crippen molar-refractivity contribution >= 4 is 53.4 Å². The highest BCUT2D eigenvalue weighted by Gasteiger charge is 2.31. The third kappa shape index (κ3) is 4.45. The van der Waals surface area contributed by atoms with E-state index in [0.717, 1.165) is 68.9 Å². The van der Waals surface area contributed by atoms with Crippen molar-refractivity contribution in [3.05, 3.63) is 29.1 Å². The van der Waals surface area contributed by atoms with Gasteiger partial charge < -0.3 is 14.6 Å². The van der Waals surface area contributed by atoms with Crippen LogP contribution in [0, 0.1) is 5.92 Å². The normalized spacial score (nSPS) is 21.1. The van der Waals surface area contributed by atoms with Crippen LogP contribution in [0.2, 0.25) is 5.02 Å². The second kappa shape index (κ2) is 9.27. The van der Waals surface area contributed by atoms with Crippen LogP contribution in [-0.2, 0) is 4.79 Å². The molecule has 2 saturated heterocycles. The van der Waals surface area contributed by atoms with Gasteiger partial charge >= 0.3 is 0 Å². The second-order valence-corrected chi connectivity index (χ2v) is 7.24. The van der Waals surface area contributed by atoms with Crippen LogP contribution < -0.4 is 5.32 Å². The topological polar surface area (TPSA) is 58.4 Å². The zero-order valence-corrected chi connectivity index (χ0v) is 16.8. The highest BCUT2D eigenvalue weighted by Crippen LogP contribution is 2.31. The lowest BCUT2D eigenvalue weighted by atomic mass is 9.93. The summed E-state index contributed by atoms with van der Waals surface area (Å²) >= 11 is 6.01. The molecule has 5 nitrogen and oxygen atoms in total. The molecule has 1 aromatic heterocycles. The van der Waals surface area contributed by atoms with Gasteiger partial charge in [-0.25, -0.2) is 4.98 Å². The van der Waals surface area contributed by atoms with Gasteiger partial charge in [-0.15, -0.1) is 24.8 Å². The number of oxazole rings is 1. The van der Waals surface area contributed by atoms with Crippen LogP contribution in [0.3, 0.4) is 0 Å². The van der Waals surface area contributed by atoms with E-state index in [1.54, 1.807) is 0 Å². The number of hydrogen-bond donors (Lipinski definition) is 1. The fourth-order valence-electron chi connectivity index (χ4n) is 3.76. The average Bonchev–Trinajstić information content (AvgIpc) is 3.05. The molecule has 0 saturated carbocycles. The summed E-state index contributed by atoms with van der Waals surface area (Å²) in [6, 6.07) is 5.51. The Morgan fingerprint density at radius 1 is 1.23 bits per heavy atom. The standard InChI is InChI=1S/C18H22ClN3O2.2ClH/c19-14-3-4-16-15(10-14)21-17(24-16)12-5-8-22(9-6-12)18(23)13-2-1-7-20-11-13;;/h3-4,10,12-13,20H,1-2,5-9,11H2;2*1H. The highest BCUT2D eigenvalue weighted by molar-refractivity contribution is 6.31. The number of nitrogens with one attached hydrogen (secondary N) is 1. The van der Waals surface area contributed by atoms with Crippen molar-refractivity contribution in [2.75, 3.05) is 26.2 Å². The summed E-state index contributed by atoms with van der Waals surface area (Å²) in [4.78, 5) is 19.2. The number of likely N-dealkylation sites (tertiary alicyclic amines) is 1. The van der Waals surface area contributed by atoms with Crippen LogP contribution in [0.15, 0.2) is 22.6 Å². The molecular weight excluding hydrogens is 397 g/mol. The number of aromatic nitrogens is 1. The molecule has 3 heterocycles. The molecule has 1 aromatic carbocycles. The van der Waals surface area contributed by atoms with Crippen molar-refractivity contribution in [2.24, 2.45) is 5.92 Å². The van der Waals surface area contributed by atoms with Gasteiger partial charge in [-0.05, 0) is 50.4 Å². The van der Waals surface area contributed by atoms with Crippen LogP contribution in [-0.4, -0.2) is 42.0 Å². The minimum atomic E-state index is 0. The number of nitrogens with zero attached hydrogens (tertiary/aromatic N) is 2. The first-order valence-electron chi connectivity index (χ1n) is 8.76. The number of benzene rings is 1. The van der Waals surface area contributed by atoms with Gasteiger partial charge in [0.05, 0.1) is 5.92 Å². The van der Waals surface area contributed by atoms with Crippen LogP contribution in [0.5, 0.6) is 0 Å². The molecule has 0 aliphatic carbocycles. The molecule has 2 aliphatic heterocycles. The van der Waals surface area contributed by atoms with Crippen molar-refractivity contribution in [1.82, 2.24) is 15.2 Å². The molecule has 1 N–H and O–H groups in total. The first-order chi connectivity index (χ1) is 11.7. The maximum atomic E-state index is 12.6. The van der Waals surface area contributed by atoms with Gasteiger partial charge in [-0.3, -0.25) is 4.79 Å². The van der Waals surface area contributed by atoms with Crippen molar-refractivity contribution in [3.8, 4) is 0 Å². The summed E-state index contributed by atoms with van der Waals surface area (Å²) in [7, 11) is 0. The molecule has 1 unspecified atom stereocenters.